The number of benzene rings is 2. The van der Waals surface area contributed by atoms with Crippen molar-refractivity contribution in [3.8, 4) is 0 Å². The second kappa shape index (κ2) is 3.48. The van der Waals surface area contributed by atoms with E-state index in [-0.39, 0.29) is 0 Å². The number of rotatable bonds is 0. The molecule has 0 saturated heterocycles. The smallest absolute Gasteiger partial charge is 0.0518 e. The van der Waals surface area contributed by atoms with Gasteiger partial charge in [-0.2, -0.15) is 0 Å². The topological polar surface area (TPSA) is 4.93 Å². The molecule has 3 rings (SSSR count). The number of para-hydroxylation sites is 1. The molecule has 16 heavy (non-hydrogen) atoms. The monoisotopic (exact) mass is 321 g/mol. The lowest BCUT2D eigenvalue weighted by molar-refractivity contribution is 1.01. The molecule has 0 amide bonds. The molecule has 3 aromatic rings. The molecule has 1 heterocycles. The number of aromatic nitrogens is 1. The maximum absolute atomic E-state index is 2.42. The standard InChI is InChI=1S/C14H12IN/c1-9-5-3-6-10-13-11(15)7-4-8-12(13)16(2)14(9)10/h3-8H,1-2H3. The van der Waals surface area contributed by atoms with Crippen LogP contribution in [0.15, 0.2) is 36.4 Å². The number of aryl methyl sites for hydroxylation is 2. The number of hydrogen-bond donors (Lipinski definition) is 0. The van der Waals surface area contributed by atoms with Crippen molar-refractivity contribution in [1.29, 1.82) is 0 Å². The lowest BCUT2D eigenvalue weighted by atomic mass is 10.1. The third-order valence-electron chi connectivity index (χ3n) is 3.20. The summed E-state index contributed by atoms with van der Waals surface area (Å²) in [6.45, 7) is 2.17. The third kappa shape index (κ3) is 1.22. The fourth-order valence-corrected chi connectivity index (χ4v) is 3.26. The number of halogens is 1. The van der Waals surface area contributed by atoms with E-state index in [0.717, 1.165) is 0 Å². The Morgan fingerprint density at radius 1 is 1.06 bits per heavy atom. The van der Waals surface area contributed by atoms with Crippen LogP contribution in [0.2, 0.25) is 0 Å². The normalized spacial score (nSPS) is 11.4. The highest BCUT2D eigenvalue weighted by Crippen LogP contribution is 2.32. The second-order valence-electron chi connectivity index (χ2n) is 4.16. The summed E-state index contributed by atoms with van der Waals surface area (Å²) < 4.78 is 3.62. The Hall–Kier alpha value is -1.03. The van der Waals surface area contributed by atoms with Crippen LogP contribution >= 0.6 is 22.6 Å². The first kappa shape index (κ1) is 10.1. The van der Waals surface area contributed by atoms with Crippen LogP contribution in [0.3, 0.4) is 0 Å². The molecular formula is C14H12IN. The summed E-state index contributed by atoms with van der Waals surface area (Å²) in [5.74, 6) is 0. The predicted molar refractivity (Wildman–Crippen MR) is 77.9 cm³/mol. The van der Waals surface area contributed by atoms with Gasteiger partial charge in [0.05, 0.1) is 5.52 Å². The molecule has 0 N–H and O–H groups in total. The molecule has 0 aliphatic rings. The maximum atomic E-state index is 2.42. The van der Waals surface area contributed by atoms with E-state index >= 15 is 0 Å². The van der Waals surface area contributed by atoms with Gasteiger partial charge in [-0.15, -0.1) is 0 Å². The van der Waals surface area contributed by atoms with E-state index in [1.807, 2.05) is 0 Å². The first-order chi connectivity index (χ1) is 7.70. The molecule has 0 atom stereocenters. The minimum absolute atomic E-state index is 1.32. The van der Waals surface area contributed by atoms with Crippen LogP contribution in [-0.2, 0) is 7.05 Å². The van der Waals surface area contributed by atoms with Gasteiger partial charge < -0.3 is 4.57 Å². The SMILES string of the molecule is Cc1cccc2c3c(I)cccc3n(C)c12. The maximum Gasteiger partial charge on any atom is 0.0518 e. The van der Waals surface area contributed by atoms with E-state index < -0.39 is 0 Å². The third-order valence-corrected chi connectivity index (χ3v) is 4.09. The lowest BCUT2D eigenvalue weighted by Crippen LogP contribution is -1.88. The van der Waals surface area contributed by atoms with Gasteiger partial charge in [-0.05, 0) is 47.2 Å². The highest BCUT2D eigenvalue weighted by Gasteiger charge is 2.11. The first-order valence-corrected chi connectivity index (χ1v) is 6.40. The van der Waals surface area contributed by atoms with E-state index in [0.29, 0.717) is 0 Å². The van der Waals surface area contributed by atoms with E-state index in [1.165, 1.54) is 30.9 Å². The Morgan fingerprint density at radius 2 is 1.81 bits per heavy atom. The summed E-state index contributed by atoms with van der Waals surface area (Å²) in [5.41, 5.74) is 4.00. The molecular weight excluding hydrogens is 309 g/mol. The Labute approximate surface area is 108 Å². The quantitative estimate of drug-likeness (QED) is 0.546. The average Bonchev–Trinajstić information content (AvgIpc) is 2.56. The van der Waals surface area contributed by atoms with Crippen molar-refractivity contribution in [3.63, 3.8) is 0 Å². The molecule has 1 aromatic heterocycles. The molecule has 0 aliphatic carbocycles. The summed E-state index contributed by atoms with van der Waals surface area (Å²) in [6.07, 6.45) is 0. The average molecular weight is 321 g/mol. The van der Waals surface area contributed by atoms with Gasteiger partial charge in [-0.1, -0.05) is 24.3 Å². The van der Waals surface area contributed by atoms with E-state index in [4.69, 9.17) is 0 Å². The molecule has 0 unspecified atom stereocenters. The van der Waals surface area contributed by atoms with Gasteiger partial charge in [-0.3, -0.25) is 0 Å². The van der Waals surface area contributed by atoms with Crippen molar-refractivity contribution in [2.24, 2.45) is 7.05 Å². The van der Waals surface area contributed by atoms with Crippen LogP contribution in [-0.4, -0.2) is 4.57 Å². The zero-order valence-corrected chi connectivity index (χ0v) is 11.4. The molecule has 0 fully saturated rings. The summed E-state index contributed by atoms with van der Waals surface area (Å²) in [6, 6.07) is 13.0. The zero-order valence-electron chi connectivity index (χ0n) is 9.29. The van der Waals surface area contributed by atoms with Crippen molar-refractivity contribution >= 4 is 44.4 Å². The van der Waals surface area contributed by atoms with Gasteiger partial charge >= 0.3 is 0 Å². The number of hydrogen-bond acceptors (Lipinski definition) is 0. The summed E-state index contributed by atoms with van der Waals surface area (Å²) in [4.78, 5) is 0. The van der Waals surface area contributed by atoms with E-state index in [1.54, 1.807) is 0 Å². The fourth-order valence-electron chi connectivity index (χ4n) is 2.49. The molecule has 0 radical (unpaired) electrons. The molecule has 2 heteroatoms. The van der Waals surface area contributed by atoms with Gasteiger partial charge in [0.2, 0.25) is 0 Å². The van der Waals surface area contributed by atoms with Gasteiger partial charge in [0.1, 0.15) is 0 Å². The van der Waals surface area contributed by atoms with Gasteiger partial charge in [-0.25, -0.2) is 0 Å². The Kier molecular flexibility index (Phi) is 2.21. The largest absolute Gasteiger partial charge is 0.343 e. The minimum atomic E-state index is 1.32. The van der Waals surface area contributed by atoms with Crippen LogP contribution < -0.4 is 0 Å². The minimum Gasteiger partial charge on any atom is -0.343 e. The van der Waals surface area contributed by atoms with E-state index in [9.17, 15) is 0 Å². The molecule has 0 spiro atoms. The highest BCUT2D eigenvalue weighted by atomic mass is 127. The highest BCUT2D eigenvalue weighted by molar-refractivity contribution is 14.1. The fraction of sp³-hybridized carbons (Fsp3) is 0.143. The van der Waals surface area contributed by atoms with Crippen molar-refractivity contribution in [1.82, 2.24) is 4.57 Å². The van der Waals surface area contributed by atoms with Crippen LogP contribution in [0.5, 0.6) is 0 Å². The Morgan fingerprint density at radius 3 is 2.62 bits per heavy atom. The molecule has 80 valence electrons. The van der Waals surface area contributed by atoms with Gasteiger partial charge in [0.15, 0.2) is 0 Å². The van der Waals surface area contributed by atoms with E-state index in [2.05, 4.69) is 77.5 Å². The molecule has 0 saturated carbocycles. The van der Waals surface area contributed by atoms with Crippen LogP contribution in [0.4, 0.5) is 0 Å². The number of fused-ring (bicyclic) bond motifs is 3. The van der Waals surface area contributed by atoms with Gasteiger partial charge in [0.25, 0.3) is 0 Å². The van der Waals surface area contributed by atoms with Gasteiger partial charge in [0, 0.05) is 26.9 Å². The van der Waals surface area contributed by atoms with Crippen LogP contribution in [0.25, 0.3) is 21.8 Å². The van der Waals surface area contributed by atoms with Crippen molar-refractivity contribution in [2.45, 2.75) is 6.92 Å². The summed E-state index contributed by atoms with van der Waals surface area (Å²) >= 11 is 2.42. The Bertz CT molecular complexity index is 695. The molecule has 2 aromatic carbocycles. The summed E-state index contributed by atoms with van der Waals surface area (Å²) in [7, 11) is 2.15. The van der Waals surface area contributed by atoms with Crippen LogP contribution in [0, 0.1) is 10.5 Å². The summed E-state index contributed by atoms with van der Waals surface area (Å²) in [5, 5.41) is 2.74. The second-order valence-corrected chi connectivity index (χ2v) is 5.33. The van der Waals surface area contributed by atoms with Crippen molar-refractivity contribution in [2.75, 3.05) is 0 Å². The lowest BCUT2D eigenvalue weighted by Gasteiger charge is -2.00. The van der Waals surface area contributed by atoms with Crippen molar-refractivity contribution in [3.05, 3.63) is 45.5 Å². The Balaban J connectivity index is 2.71. The number of nitrogens with zero attached hydrogens (tertiary/aromatic N) is 1. The first-order valence-electron chi connectivity index (χ1n) is 5.32. The molecule has 0 aliphatic heterocycles. The zero-order chi connectivity index (χ0) is 11.3. The molecule has 0 bridgehead atoms. The van der Waals surface area contributed by atoms with Crippen LogP contribution in [0.1, 0.15) is 5.56 Å². The van der Waals surface area contributed by atoms with Crippen molar-refractivity contribution < 1.29 is 0 Å². The molecule has 1 nitrogen and oxygen atoms in total. The predicted octanol–water partition coefficient (Wildman–Crippen LogP) is 4.24.